The van der Waals surface area contributed by atoms with Crippen molar-refractivity contribution in [2.45, 2.75) is 68.0 Å². The number of ether oxygens (including phenoxy) is 1. The molecule has 6 N–H and O–H groups in total. The molecule has 2 saturated heterocycles. The lowest BCUT2D eigenvalue weighted by atomic mass is 9.89. The number of benzene rings is 4. The molecule has 8 atom stereocenters. The zero-order chi connectivity index (χ0) is 33.9. The number of rotatable bonds is 10. The lowest BCUT2D eigenvalue weighted by Gasteiger charge is -2.40. The molecule has 0 aromatic heterocycles. The van der Waals surface area contributed by atoms with Crippen LogP contribution in [0.15, 0.2) is 97.1 Å². The SMILES string of the molecule is CN1CN(c2ccccc2)C(c2ccc(-c3ccc(C4OC(CO)C(O)C(O)C4O)cc3)cc2O)C1CCCC(O)c1ccc(F)cc1. The predicted molar refractivity (Wildman–Crippen MR) is 180 cm³/mol. The lowest BCUT2D eigenvalue weighted by molar-refractivity contribution is -0.231. The Bertz CT molecular complexity index is 1640. The summed E-state index contributed by atoms with van der Waals surface area (Å²) in [5.41, 5.74) is 4.70. The Morgan fingerprint density at radius 3 is 2.21 bits per heavy atom. The first-order valence-corrected chi connectivity index (χ1v) is 16.4. The molecule has 2 aliphatic heterocycles. The first-order valence-electron chi connectivity index (χ1n) is 16.4. The number of para-hydroxylation sites is 1. The molecular formula is C38H43FN2O7. The van der Waals surface area contributed by atoms with Crippen LogP contribution in [0.2, 0.25) is 0 Å². The van der Waals surface area contributed by atoms with Crippen molar-refractivity contribution >= 4 is 5.69 Å². The van der Waals surface area contributed by atoms with E-state index >= 15 is 0 Å². The first kappa shape index (κ1) is 34.0. The zero-order valence-electron chi connectivity index (χ0n) is 26.8. The van der Waals surface area contributed by atoms with Crippen molar-refractivity contribution in [2.24, 2.45) is 0 Å². The van der Waals surface area contributed by atoms with Gasteiger partial charge in [-0.25, -0.2) is 4.39 Å². The summed E-state index contributed by atoms with van der Waals surface area (Å²) in [6.45, 7) is 0.156. The summed E-state index contributed by atoms with van der Waals surface area (Å²) in [6.07, 6.45) is -4.85. The fourth-order valence-corrected chi connectivity index (χ4v) is 7.08. The maximum atomic E-state index is 13.4. The smallest absolute Gasteiger partial charge is 0.123 e. The van der Waals surface area contributed by atoms with Crippen LogP contribution >= 0.6 is 0 Å². The Labute approximate surface area is 279 Å². The second-order valence-corrected chi connectivity index (χ2v) is 12.9. The molecule has 4 aromatic rings. The molecule has 0 bridgehead atoms. The van der Waals surface area contributed by atoms with E-state index in [9.17, 15) is 35.0 Å². The Balaban J connectivity index is 1.22. The van der Waals surface area contributed by atoms with Gasteiger partial charge in [-0.05, 0) is 78.9 Å². The van der Waals surface area contributed by atoms with Gasteiger partial charge in [-0.1, -0.05) is 66.7 Å². The van der Waals surface area contributed by atoms with Gasteiger partial charge in [0.05, 0.1) is 25.4 Å². The quantitative estimate of drug-likeness (QED) is 0.146. The van der Waals surface area contributed by atoms with Gasteiger partial charge in [-0.3, -0.25) is 4.90 Å². The van der Waals surface area contributed by atoms with E-state index in [1.165, 1.54) is 12.1 Å². The normalized spacial score (nSPS) is 26.9. The highest BCUT2D eigenvalue weighted by Gasteiger charge is 2.44. The van der Waals surface area contributed by atoms with E-state index in [4.69, 9.17) is 4.74 Å². The summed E-state index contributed by atoms with van der Waals surface area (Å²) >= 11 is 0. The second-order valence-electron chi connectivity index (χ2n) is 12.9. The van der Waals surface area contributed by atoms with Gasteiger partial charge in [0, 0.05) is 17.3 Å². The Hall–Kier alpha value is -3.87. The summed E-state index contributed by atoms with van der Waals surface area (Å²) in [5, 5.41) is 62.7. The zero-order valence-corrected chi connectivity index (χ0v) is 26.8. The van der Waals surface area contributed by atoms with E-state index in [2.05, 4.69) is 29.0 Å². The van der Waals surface area contributed by atoms with Crippen molar-refractivity contribution < 1.29 is 39.8 Å². The van der Waals surface area contributed by atoms with Crippen LogP contribution in [0, 0.1) is 5.82 Å². The maximum Gasteiger partial charge on any atom is 0.123 e. The van der Waals surface area contributed by atoms with Gasteiger partial charge in [0.25, 0.3) is 0 Å². The van der Waals surface area contributed by atoms with Crippen molar-refractivity contribution in [3.05, 3.63) is 120 Å². The molecule has 6 rings (SSSR count). The molecule has 0 radical (unpaired) electrons. The number of phenols is 1. The van der Waals surface area contributed by atoms with E-state index in [1.807, 2.05) is 42.5 Å². The van der Waals surface area contributed by atoms with Crippen LogP contribution in [0.3, 0.4) is 0 Å². The molecule has 2 aliphatic rings. The van der Waals surface area contributed by atoms with E-state index in [1.54, 1.807) is 30.3 Å². The minimum atomic E-state index is -1.46. The van der Waals surface area contributed by atoms with Crippen LogP contribution < -0.4 is 4.90 Å². The highest BCUT2D eigenvalue weighted by molar-refractivity contribution is 5.67. The topological polar surface area (TPSA) is 137 Å². The standard InChI is InChI=1S/C38H43FN2O7/c1-40-22-41(28-6-3-2-4-7-28)34(30(40)8-5-9-31(43)24-14-17-27(39)18-15-24)29-19-16-26(20-32(29)44)23-10-12-25(13-11-23)38-37(47)36(46)35(45)33(21-42)48-38/h2-4,6-7,10-20,30-31,33-38,42-47H,5,8-9,21-22H2,1H3. The summed E-state index contributed by atoms with van der Waals surface area (Å²) in [7, 11) is 2.07. The van der Waals surface area contributed by atoms with Gasteiger partial charge in [0.2, 0.25) is 0 Å². The number of hydrogen-bond acceptors (Lipinski definition) is 9. The lowest BCUT2D eigenvalue weighted by Crippen LogP contribution is -2.55. The number of aliphatic hydroxyl groups is 5. The van der Waals surface area contributed by atoms with Gasteiger partial charge < -0.3 is 40.3 Å². The number of likely N-dealkylation sites (N-methyl/N-ethyl adjacent to an activating group) is 1. The maximum absolute atomic E-state index is 13.4. The van der Waals surface area contributed by atoms with Crippen LogP contribution in [0.1, 0.15) is 54.2 Å². The predicted octanol–water partition coefficient (Wildman–Crippen LogP) is 4.44. The number of aliphatic hydroxyl groups excluding tert-OH is 5. The number of halogens is 1. The summed E-state index contributed by atoms with van der Waals surface area (Å²) in [6, 6.07) is 28.8. The Morgan fingerprint density at radius 2 is 1.54 bits per heavy atom. The molecule has 0 amide bonds. The summed E-state index contributed by atoms with van der Waals surface area (Å²) in [5.74, 6) is -0.179. The molecule has 8 unspecified atom stereocenters. The number of phenolic OH excluding ortho intramolecular Hbond substituents is 1. The molecule has 0 saturated carbocycles. The highest BCUT2D eigenvalue weighted by atomic mass is 19.1. The molecule has 254 valence electrons. The van der Waals surface area contributed by atoms with Crippen LogP contribution in [0.4, 0.5) is 10.1 Å². The fraction of sp³-hybridized carbons (Fsp3) is 0.368. The summed E-state index contributed by atoms with van der Waals surface area (Å²) in [4.78, 5) is 4.55. The monoisotopic (exact) mass is 658 g/mol. The molecule has 0 aliphatic carbocycles. The average Bonchev–Trinajstić information content (AvgIpc) is 3.43. The van der Waals surface area contributed by atoms with Gasteiger partial charge in [-0.15, -0.1) is 0 Å². The van der Waals surface area contributed by atoms with Crippen molar-refractivity contribution in [3.63, 3.8) is 0 Å². The van der Waals surface area contributed by atoms with E-state index < -0.39 is 43.2 Å². The van der Waals surface area contributed by atoms with Crippen molar-refractivity contribution in [2.75, 3.05) is 25.2 Å². The van der Waals surface area contributed by atoms with E-state index in [-0.39, 0.29) is 23.7 Å². The first-order chi connectivity index (χ1) is 23.2. The largest absolute Gasteiger partial charge is 0.508 e. The molecule has 9 nitrogen and oxygen atoms in total. The minimum absolute atomic E-state index is 0.0418. The Kier molecular flexibility index (Phi) is 10.4. The van der Waals surface area contributed by atoms with E-state index in [0.717, 1.165) is 35.2 Å². The number of aromatic hydroxyl groups is 1. The molecule has 10 heteroatoms. The molecule has 2 heterocycles. The second kappa shape index (κ2) is 14.7. The Morgan fingerprint density at radius 1 is 0.854 bits per heavy atom. The van der Waals surface area contributed by atoms with Crippen molar-refractivity contribution in [1.82, 2.24) is 4.90 Å². The van der Waals surface area contributed by atoms with Gasteiger partial charge >= 0.3 is 0 Å². The van der Waals surface area contributed by atoms with E-state index in [0.29, 0.717) is 24.2 Å². The molecule has 48 heavy (non-hydrogen) atoms. The number of nitrogens with zero attached hydrogens (tertiary/aromatic N) is 2. The summed E-state index contributed by atoms with van der Waals surface area (Å²) < 4.78 is 19.1. The average molecular weight is 659 g/mol. The third-order valence-corrected chi connectivity index (χ3v) is 9.78. The molecule has 0 spiro atoms. The van der Waals surface area contributed by atoms with Gasteiger partial charge in [0.1, 0.15) is 42.1 Å². The fourth-order valence-electron chi connectivity index (χ4n) is 7.08. The molecule has 2 fully saturated rings. The van der Waals surface area contributed by atoms with Gasteiger partial charge in [-0.2, -0.15) is 0 Å². The van der Waals surface area contributed by atoms with Crippen LogP contribution in [-0.4, -0.2) is 86.3 Å². The highest BCUT2D eigenvalue weighted by Crippen LogP contribution is 2.43. The third-order valence-electron chi connectivity index (χ3n) is 9.78. The number of hydrogen-bond donors (Lipinski definition) is 6. The minimum Gasteiger partial charge on any atom is -0.508 e. The van der Waals surface area contributed by atoms with Gasteiger partial charge in [0.15, 0.2) is 0 Å². The third kappa shape index (κ3) is 6.97. The molecule has 4 aromatic carbocycles. The van der Waals surface area contributed by atoms with Crippen LogP contribution in [0.5, 0.6) is 5.75 Å². The van der Waals surface area contributed by atoms with Crippen molar-refractivity contribution in [1.29, 1.82) is 0 Å². The molecular weight excluding hydrogens is 615 g/mol. The van der Waals surface area contributed by atoms with Crippen LogP contribution in [-0.2, 0) is 4.74 Å². The number of anilines is 1. The van der Waals surface area contributed by atoms with Crippen molar-refractivity contribution in [3.8, 4) is 16.9 Å². The van der Waals surface area contributed by atoms with Crippen LogP contribution in [0.25, 0.3) is 11.1 Å².